The molecule has 0 spiro atoms. The molecule has 0 bridgehead atoms. The third kappa shape index (κ3) is 2.95. The zero-order valence-corrected chi connectivity index (χ0v) is 11.9. The molecule has 110 valence electrons. The predicted octanol–water partition coefficient (Wildman–Crippen LogP) is 1.08. The summed E-state index contributed by atoms with van der Waals surface area (Å²) in [6, 6.07) is 9.57. The fourth-order valence-corrected chi connectivity index (χ4v) is 2.58. The van der Waals surface area contributed by atoms with Crippen molar-refractivity contribution in [1.29, 1.82) is 0 Å². The number of hydrogen-bond donors (Lipinski definition) is 1. The highest BCUT2D eigenvalue weighted by Crippen LogP contribution is 2.17. The molecule has 0 unspecified atom stereocenters. The molecular formula is C15H19N5O. The molecule has 1 amide bonds. The second-order valence-corrected chi connectivity index (χ2v) is 5.33. The van der Waals surface area contributed by atoms with Crippen LogP contribution < -0.4 is 5.73 Å². The summed E-state index contributed by atoms with van der Waals surface area (Å²) in [4.78, 5) is 15.7. The largest absolute Gasteiger partial charge is 0.337 e. The van der Waals surface area contributed by atoms with Crippen molar-refractivity contribution in [3.8, 4) is 5.69 Å². The van der Waals surface area contributed by atoms with Gasteiger partial charge in [0.2, 0.25) is 0 Å². The lowest BCUT2D eigenvalue weighted by Crippen LogP contribution is -2.40. The average Bonchev–Trinajstić information content (AvgIpc) is 3.05. The van der Waals surface area contributed by atoms with Crippen LogP contribution in [0.25, 0.3) is 5.69 Å². The number of likely N-dealkylation sites (tertiary alicyclic amines) is 1. The summed E-state index contributed by atoms with van der Waals surface area (Å²) in [6.45, 7) is 2.20. The Kier molecular flexibility index (Phi) is 3.96. The maximum absolute atomic E-state index is 12.4. The molecule has 2 N–H and O–H groups in total. The summed E-state index contributed by atoms with van der Waals surface area (Å²) in [6.07, 6.45) is 3.47. The molecule has 3 rings (SSSR count). The first-order valence-electron chi connectivity index (χ1n) is 7.25. The predicted molar refractivity (Wildman–Crippen MR) is 79.0 cm³/mol. The van der Waals surface area contributed by atoms with Crippen LogP contribution in [-0.4, -0.2) is 45.4 Å². The average molecular weight is 285 g/mol. The van der Waals surface area contributed by atoms with E-state index in [0.29, 0.717) is 18.2 Å². The zero-order valence-electron chi connectivity index (χ0n) is 11.9. The van der Waals surface area contributed by atoms with Crippen molar-refractivity contribution in [2.45, 2.75) is 12.8 Å². The van der Waals surface area contributed by atoms with Crippen LogP contribution in [0, 0.1) is 5.92 Å². The van der Waals surface area contributed by atoms with Crippen molar-refractivity contribution in [3.63, 3.8) is 0 Å². The third-order valence-corrected chi connectivity index (χ3v) is 3.93. The SMILES string of the molecule is NCC1CCN(C(=O)c2cnn(-c3ccccc3)n2)CC1. The molecule has 6 heteroatoms. The van der Waals surface area contributed by atoms with Gasteiger partial charge in [0.15, 0.2) is 5.69 Å². The summed E-state index contributed by atoms with van der Waals surface area (Å²) < 4.78 is 0. The topological polar surface area (TPSA) is 77.0 Å². The third-order valence-electron chi connectivity index (χ3n) is 3.93. The molecule has 6 nitrogen and oxygen atoms in total. The molecule has 2 aromatic rings. The maximum Gasteiger partial charge on any atom is 0.276 e. The maximum atomic E-state index is 12.4. The van der Waals surface area contributed by atoms with Crippen LogP contribution >= 0.6 is 0 Å². The van der Waals surface area contributed by atoms with E-state index in [9.17, 15) is 4.79 Å². The number of rotatable bonds is 3. The van der Waals surface area contributed by atoms with Gasteiger partial charge in [-0.1, -0.05) is 18.2 Å². The van der Waals surface area contributed by atoms with E-state index in [2.05, 4.69) is 10.2 Å². The number of hydrogen-bond acceptors (Lipinski definition) is 4. The fraction of sp³-hybridized carbons (Fsp3) is 0.400. The van der Waals surface area contributed by atoms with Gasteiger partial charge in [0.05, 0.1) is 11.9 Å². The van der Waals surface area contributed by atoms with E-state index in [0.717, 1.165) is 31.6 Å². The van der Waals surface area contributed by atoms with Gasteiger partial charge in [0.25, 0.3) is 5.91 Å². The number of benzene rings is 1. The molecule has 1 aliphatic rings. The normalized spacial score (nSPS) is 16.1. The Labute approximate surface area is 123 Å². The van der Waals surface area contributed by atoms with Crippen molar-refractivity contribution >= 4 is 5.91 Å². The minimum atomic E-state index is -0.0485. The Bertz CT molecular complexity index is 602. The molecule has 21 heavy (non-hydrogen) atoms. The minimum absolute atomic E-state index is 0.0485. The van der Waals surface area contributed by atoms with Crippen molar-refractivity contribution in [1.82, 2.24) is 19.9 Å². The number of amides is 1. The standard InChI is InChI=1S/C15H19N5O/c16-10-12-6-8-19(9-7-12)15(21)14-11-17-20(18-14)13-4-2-1-3-5-13/h1-5,11-12H,6-10,16H2. The highest BCUT2D eigenvalue weighted by molar-refractivity contribution is 5.92. The first kappa shape index (κ1) is 13.8. The van der Waals surface area contributed by atoms with Gasteiger partial charge in [-0.3, -0.25) is 4.79 Å². The summed E-state index contributed by atoms with van der Waals surface area (Å²) in [5, 5.41) is 8.46. The van der Waals surface area contributed by atoms with Crippen molar-refractivity contribution in [2.24, 2.45) is 11.7 Å². The molecule has 1 aliphatic heterocycles. The van der Waals surface area contributed by atoms with Gasteiger partial charge < -0.3 is 10.6 Å². The lowest BCUT2D eigenvalue weighted by atomic mass is 9.97. The Morgan fingerprint density at radius 2 is 1.95 bits per heavy atom. The van der Waals surface area contributed by atoms with Gasteiger partial charge in [-0.05, 0) is 37.4 Å². The number of piperidine rings is 1. The van der Waals surface area contributed by atoms with E-state index in [1.54, 1.807) is 0 Å². The van der Waals surface area contributed by atoms with Crippen molar-refractivity contribution in [2.75, 3.05) is 19.6 Å². The number of nitrogens with two attached hydrogens (primary N) is 1. The molecule has 0 atom stereocenters. The number of carbonyl (C=O) groups is 1. The number of para-hydroxylation sites is 1. The molecule has 2 heterocycles. The zero-order chi connectivity index (χ0) is 14.7. The molecule has 1 fully saturated rings. The molecule has 0 saturated carbocycles. The molecule has 1 aromatic carbocycles. The van der Waals surface area contributed by atoms with E-state index in [4.69, 9.17) is 5.73 Å². The van der Waals surface area contributed by atoms with Gasteiger partial charge in [-0.2, -0.15) is 9.90 Å². The van der Waals surface area contributed by atoms with Gasteiger partial charge in [-0.25, -0.2) is 0 Å². The van der Waals surface area contributed by atoms with Gasteiger partial charge in [0, 0.05) is 13.1 Å². The fourth-order valence-electron chi connectivity index (χ4n) is 2.58. The van der Waals surface area contributed by atoms with Gasteiger partial charge >= 0.3 is 0 Å². The second kappa shape index (κ2) is 6.05. The van der Waals surface area contributed by atoms with E-state index in [-0.39, 0.29) is 5.91 Å². The van der Waals surface area contributed by atoms with Crippen LogP contribution in [0.3, 0.4) is 0 Å². The smallest absolute Gasteiger partial charge is 0.276 e. The summed E-state index contributed by atoms with van der Waals surface area (Å²) in [5.74, 6) is 0.488. The Morgan fingerprint density at radius 3 is 2.62 bits per heavy atom. The van der Waals surface area contributed by atoms with Crippen molar-refractivity contribution in [3.05, 3.63) is 42.2 Å². The van der Waals surface area contributed by atoms with Crippen LogP contribution in [0.2, 0.25) is 0 Å². The molecule has 1 aromatic heterocycles. The summed E-state index contributed by atoms with van der Waals surface area (Å²) in [7, 11) is 0. The number of nitrogens with zero attached hydrogens (tertiary/aromatic N) is 4. The Hall–Kier alpha value is -2.21. The minimum Gasteiger partial charge on any atom is -0.337 e. The van der Waals surface area contributed by atoms with E-state index in [1.165, 1.54) is 11.0 Å². The van der Waals surface area contributed by atoms with Crippen LogP contribution in [0.5, 0.6) is 0 Å². The Balaban J connectivity index is 1.70. The van der Waals surface area contributed by atoms with Crippen LogP contribution in [-0.2, 0) is 0 Å². The first-order valence-corrected chi connectivity index (χ1v) is 7.25. The first-order chi connectivity index (χ1) is 10.3. The summed E-state index contributed by atoms with van der Waals surface area (Å²) in [5.41, 5.74) is 6.91. The van der Waals surface area contributed by atoms with Crippen LogP contribution in [0.1, 0.15) is 23.3 Å². The second-order valence-electron chi connectivity index (χ2n) is 5.33. The molecular weight excluding hydrogens is 266 g/mol. The lowest BCUT2D eigenvalue weighted by Gasteiger charge is -2.30. The highest BCUT2D eigenvalue weighted by atomic mass is 16.2. The molecule has 0 aliphatic carbocycles. The number of carbonyl (C=O) groups excluding carboxylic acids is 1. The van der Waals surface area contributed by atoms with E-state index in [1.807, 2.05) is 35.2 Å². The van der Waals surface area contributed by atoms with E-state index < -0.39 is 0 Å². The van der Waals surface area contributed by atoms with Gasteiger partial charge in [-0.15, -0.1) is 5.10 Å². The molecule has 1 saturated heterocycles. The highest BCUT2D eigenvalue weighted by Gasteiger charge is 2.24. The molecule has 0 radical (unpaired) electrons. The van der Waals surface area contributed by atoms with E-state index >= 15 is 0 Å². The Morgan fingerprint density at radius 1 is 1.24 bits per heavy atom. The lowest BCUT2D eigenvalue weighted by molar-refractivity contribution is 0.0687. The van der Waals surface area contributed by atoms with Crippen molar-refractivity contribution < 1.29 is 4.79 Å². The monoisotopic (exact) mass is 285 g/mol. The quantitative estimate of drug-likeness (QED) is 0.915. The van der Waals surface area contributed by atoms with Crippen LogP contribution in [0.15, 0.2) is 36.5 Å². The van der Waals surface area contributed by atoms with Crippen LogP contribution in [0.4, 0.5) is 0 Å². The summed E-state index contributed by atoms with van der Waals surface area (Å²) >= 11 is 0. The van der Waals surface area contributed by atoms with Gasteiger partial charge in [0.1, 0.15) is 0 Å². The number of aromatic nitrogens is 3.